The van der Waals surface area contributed by atoms with E-state index in [2.05, 4.69) is 10.2 Å². The van der Waals surface area contributed by atoms with Crippen LogP contribution in [-0.4, -0.2) is 42.8 Å². The van der Waals surface area contributed by atoms with E-state index in [1.165, 1.54) is 19.4 Å². The van der Waals surface area contributed by atoms with Gasteiger partial charge in [0.25, 0.3) is 0 Å². The molecule has 0 aliphatic carbocycles. The fourth-order valence-corrected chi connectivity index (χ4v) is 2.69. The lowest BCUT2D eigenvalue weighted by Crippen LogP contribution is -2.47. The molecule has 4 nitrogen and oxygen atoms in total. The van der Waals surface area contributed by atoms with Crippen LogP contribution in [0.1, 0.15) is 32.6 Å². The third kappa shape index (κ3) is 2.62. The molecule has 0 aromatic rings. The second-order valence-electron chi connectivity index (χ2n) is 4.42. The summed E-state index contributed by atoms with van der Waals surface area (Å²) in [6.45, 7) is 4.66. The second-order valence-corrected chi connectivity index (χ2v) is 4.42. The summed E-state index contributed by atoms with van der Waals surface area (Å²) in [5.41, 5.74) is 0. The van der Waals surface area contributed by atoms with Crippen LogP contribution >= 0.6 is 0 Å². The van der Waals surface area contributed by atoms with Gasteiger partial charge in [-0.1, -0.05) is 0 Å². The molecular weight excluding hydrogens is 192 g/mol. The third-order valence-corrected chi connectivity index (χ3v) is 3.42. The summed E-state index contributed by atoms with van der Waals surface area (Å²) < 4.78 is 4.89. The SMILES string of the molecule is CCOC(=O)NC1CCN2CCCC2C1. The van der Waals surface area contributed by atoms with E-state index >= 15 is 0 Å². The van der Waals surface area contributed by atoms with Gasteiger partial charge in [0.2, 0.25) is 0 Å². The van der Waals surface area contributed by atoms with Gasteiger partial charge >= 0.3 is 6.09 Å². The Hall–Kier alpha value is -0.770. The smallest absolute Gasteiger partial charge is 0.407 e. The summed E-state index contributed by atoms with van der Waals surface area (Å²) >= 11 is 0. The number of ether oxygens (including phenoxy) is 1. The zero-order valence-corrected chi connectivity index (χ0v) is 9.37. The molecule has 0 radical (unpaired) electrons. The fraction of sp³-hybridized carbons (Fsp3) is 0.909. The van der Waals surface area contributed by atoms with Gasteiger partial charge in [-0.2, -0.15) is 0 Å². The lowest BCUT2D eigenvalue weighted by molar-refractivity contribution is 0.129. The van der Waals surface area contributed by atoms with Gasteiger partial charge in [-0.15, -0.1) is 0 Å². The standard InChI is InChI=1S/C11H20N2O2/c1-2-15-11(14)12-9-5-7-13-6-3-4-10(13)8-9/h9-10H,2-8H2,1H3,(H,12,14). The van der Waals surface area contributed by atoms with Crippen LogP contribution in [-0.2, 0) is 4.74 Å². The van der Waals surface area contributed by atoms with E-state index in [9.17, 15) is 4.79 Å². The molecule has 1 N–H and O–H groups in total. The Labute approximate surface area is 91.0 Å². The Bertz CT molecular complexity index is 233. The molecule has 2 rings (SSSR count). The van der Waals surface area contributed by atoms with Gasteiger partial charge in [0, 0.05) is 18.6 Å². The van der Waals surface area contributed by atoms with Gasteiger partial charge in [-0.05, 0) is 39.2 Å². The number of amides is 1. The highest BCUT2D eigenvalue weighted by Gasteiger charge is 2.32. The second kappa shape index (κ2) is 4.84. The lowest BCUT2D eigenvalue weighted by Gasteiger charge is -2.34. The van der Waals surface area contributed by atoms with Crippen LogP contribution in [0.4, 0.5) is 4.79 Å². The molecule has 2 aliphatic rings. The van der Waals surface area contributed by atoms with Crippen molar-refractivity contribution in [3.63, 3.8) is 0 Å². The number of nitrogens with one attached hydrogen (secondary N) is 1. The first kappa shape index (κ1) is 10.7. The van der Waals surface area contributed by atoms with Crippen LogP contribution in [0.25, 0.3) is 0 Å². The van der Waals surface area contributed by atoms with Crippen LogP contribution in [0.15, 0.2) is 0 Å². The largest absolute Gasteiger partial charge is 0.450 e. The third-order valence-electron chi connectivity index (χ3n) is 3.42. The van der Waals surface area contributed by atoms with Crippen LogP contribution in [0, 0.1) is 0 Å². The lowest BCUT2D eigenvalue weighted by atomic mass is 9.98. The van der Waals surface area contributed by atoms with Crippen molar-refractivity contribution < 1.29 is 9.53 Å². The quantitative estimate of drug-likeness (QED) is 0.751. The van der Waals surface area contributed by atoms with E-state index in [0.29, 0.717) is 18.7 Å². The summed E-state index contributed by atoms with van der Waals surface area (Å²) in [5.74, 6) is 0. The van der Waals surface area contributed by atoms with Gasteiger partial charge < -0.3 is 15.0 Å². The van der Waals surface area contributed by atoms with Crippen molar-refractivity contribution in [2.45, 2.75) is 44.7 Å². The minimum Gasteiger partial charge on any atom is -0.450 e. The van der Waals surface area contributed by atoms with Crippen LogP contribution in [0.3, 0.4) is 0 Å². The maximum Gasteiger partial charge on any atom is 0.407 e. The summed E-state index contributed by atoms with van der Waals surface area (Å²) in [6, 6.07) is 1.02. The molecule has 0 spiro atoms. The van der Waals surface area contributed by atoms with Crippen molar-refractivity contribution >= 4 is 6.09 Å². The predicted octanol–water partition coefficient (Wildman–Crippen LogP) is 1.36. The van der Waals surface area contributed by atoms with Gasteiger partial charge in [-0.3, -0.25) is 0 Å². The van der Waals surface area contributed by atoms with E-state index < -0.39 is 0 Å². The highest BCUT2D eigenvalue weighted by molar-refractivity contribution is 5.67. The number of hydrogen-bond donors (Lipinski definition) is 1. The molecule has 2 fully saturated rings. The summed E-state index contributed by atoms with van der Waals surface area (Å²) in [7, 11) is 0. The number of fused-ring (bicyclic) bond motifs is 1. The fourth-order valence-electron chi connectivity index (χ4n) is 2.69. The van der Waals surface area contributed by atoms with E-state index in [0.717, 1.165) is 19.4 Å². The predicted molar refractivity (Wildman–Crippen MR) is 57.8 cm³/mol. The van der Waals surface area contributed by atoms with Crippen molar-refractivity contribution in [1.29, 1.82) is 0 Å². The Morgan fingerprint density at radius 3 is 3.13 bits per heavy atom. The Morgan fingerprint density at radius 2 is 2.33 bits per heavy atom. The Kier molecular flexibility index (Phi) is 3.46. The van der Waals surface area contributed by atoms with E-state index in [1.807, 2.05) is 6.92 Å². The summed E-state index contributed by atoms with van der Waals surface area (Å²) in [6.07, 6.45) is 4.51. The maximum absolute atomic E-state index is 11.3. The molecule has 2 aliphatic heterocycles. The number of nitrogens with zero attached hydrogens (tertiary/aromatic N) is 1. The van der Waals surface area contributed by atoms with Gasteiger partial charge in [0.05, 0.1) is 6.61 Å². The number of hydrogen-bond acceptors (Lipinski definition) is 3. The molecule has 4 heteroatoms. The normalized spacial score (nSPS) is 31.0. The summed E-state index contributed by atoms with van der Waals surface area (Å²) in [4.78, 5) is 13.8. The van der Waals surface area contributed by atoms with Crippen LogP contribution in [0.2, 0.25) is 0 Å². The molecule has 15 heavy (non-hydrogen) atoms. The highest BCUT2D eigenvalue weighted by Crippen LogP contribution is 2.26. The Balaban J connectivity index is 1.77. The molecule has 2 saturated heterocycles. The van der Waals surface area contributed by atoms with Crippen molar-refractivity contribution in [3.8, 4) is 0 Å². The van der Waals surface area contributed by atoms with Gasteiger partial charge in [-0.25, -0.2) is 4.79 Å². The zero-order valence-electron chi connectivity index (χ0n) is 9.37. The Morgan fingerprint density at radius 1 is 1.47 bits per heavy atom. The van der Waals surface area contributed by atoms with Crippen molar-refractivity contribution in [2.75, 3.05) is 19.7 Å². The average molecular weight is 212 g/mol. The van der Waals surface area contributed by atoms with Crippen molar-refractivity contribution in [1.82, 2.24) is 10.2 Å². The zero-order chi connectivity index (χ0) is 10.7. The minimum atomic E-state index is -0.256. The van der Waals surface area contributed by atoms with Crippen molar-refractivity contribution in [3.05, 3.63) is 0 Å². The maximum atomic E-state index is 11.3. The highest BCUT2D eigenvalue weighted by atomic mass is 16.5. The molecule has 2 unspecified atom stereocenters. The first-order valence-electron chi connectivity index (χ1n) is 5.97. The summed E-state index contributed by atoms with van der Waals surface area (Å²) in [5, 5.41) is 2.94. The number of carbonyl (C=O) groups excluding carboxylic acids is 1. The molecule has 86 valence electrons. The van der Waals surface area contributed by atoms with E-state index in [4.69, 9.17) is 4.74 Å². The van der Waals surface area contributed by atoms with Gasteiger partial charge in [0.15, 0.2) is 0 Å². The number of rotatable bonds is 2. The number of alkyl carbamates (subject to hydrolysis) is 1. The minimum absolute atomic E-state index is 0.256. The van der Waals surface area contributed by atoms with Crippen molar-refractivity contribution in [2.24, 2.45) is 0 Å². The molecule has 0 aromatic carbocycles. The van der Waals surface area contributed by atoms with E-state index in [-0.39, 0.29) is 6.09 Å². The molecule has 0 bridgehead atoms. The van der Waals surface area contributed by atoms with E-state index in [1.54, 1.807) is 0 Å². The number of carbonyl (C=O) groups is 1. The molecule has 2 heterocycles. The first-order chi connectivity index (χ1) is 7.29. The first-order valence-corrected chi connectivity index (χ1v) is 5.97. The van der Waals surface area contributed by atoms with Gasteiger partial charge in [0.1, 0.15) is 0 Å². The molecule has 0 aromatic heterocycles. The topological polar surface area (TPSA) is 41.6 Å². The monoisotopic (exact) mass is 212 g/mol. The average Bonchev–Trinajstić information content (AvgIpc) is 2.65. The molecule has 2 atom stereocenters. The molecule has 1 amide bonds. The van der Waals surface area contributed by atoms with Crippen LogP contribution in [0.5, 0.6) is 0 Å². The van der Waals surface area contributed by atoms with Crippen LogP contribution < -0.4 is 5.32 Å². The molecule has 0 saturated carbocycles. The number of piperidine rings is 1. The molecular formula is C11H20N2O2.